The van der Waals surface area contributed by atoms with Gasteiger partial charge in [0, 0.05) is 11.8 Å². The Bertz CT molecular complexity index is 772. The van der Waals surface area contributed by atoms with Crippen LogP contribution in [0.3, 0.4) is 0 Å². The second-order valence-electron chi connectivity index (χ2n) is 4.72. The Hall–Kier alpha value is -2.62. The topological polar surface area (TPSA) is 39.4 Å². The smallest absolute Gasteiger partial charge is 0.202 e. The molecular weight excluding hydrogens is 271 g/mol. The third-order valence-electron chi connectivity index (χ3n) is 3.28. The second kappa shape index (κ2) is 5.40. The fraction of sp³-hybridized carbons (Fsp3) is 0.118. The van der Waals surface area contributed by atoms with Crippen LogP contribution in [-0.4, -0.2) is 12.9 Å². The maximum absolute atomic E-state index is 13.6. The van der Waals surface area contributed by atoms with Gasteiger partial charge in [0.25, 0.3) is 0 Å². The number of halogens is 1. The molecule has 3 aromatic rings. The Kier molecular flexibility index (Phi) is 3.44. The molecule has 2 aromatic carbocycles. The van der Waals surface area contributed by atoms with Crippen LogP contribution in [0.25, 0.3) is 11.0 Å². The number of fused-ring (bicyclic) bond motifs is 1. The highest BCUT2D eigenvalue weighted by Crippen LogP contribution is 2.22. The summed E-state index contributed by atoms with van der Waals surface area (Å²) in [5.74, 6) is -0.217. The minimum absolute atomic E-state index is 0.0841. The van der Waals surface area contributed by atoms with Crippen molar-refractivity contribution in [3.63, 3.8) is 0 Å². The van der Waals surface area contributed by atoms with Crippen LogP contribution in [0.5, 0.6) is 5.75 Å². The van der Waals surface area contributed by atoms with Crippen molar-refractivity contribution >= 4 is 16.8 Å². The monoisotopic (exact) mass is 284 g/mol. The molecule has 106 valence electrons. The summed E-state index contributed by atoms with van der Waals surface area (Å²) >= 11 is 0. The van der Waals surface area contributed by atoms with Crippen LogP contribution in [0.4, 0.5) is 4.39 Å². The summed E-state index contributed by atoms with van der Waals surface area (Å²) in [7, 11) is 1.40. The van der Waals surface area contributed by atoms with Crippen LogP contribution in [0.15, 0.2) is 52.9 Å². The molecule has 21 heavy (non-hydrogen) atoms. The van der Waals surface area contributed by atoms with Gasteiger partial charge in [0.15, 0.2) is 17.3 Å². The van der Waals surface area contributed by atoms with Gasteiger partial charge in [-0.1, -0.05) is 24.3 Å². The molecular formula is C17H13FO3. The summed E-state index contributed by atoms with van der Waals surface area (Å²) in [6.07, 6.45) is 0.0841. The van der Waals surface area contributed by atoms with Crippen LogP contribution < -0.4 is 4.74 Å². The molecule has 4 heteroatoms. The van der Waals surface area contributed by atoms with E-state index < -0.39 is 5.82 Å². The Balaban J connectivity index is 1.84. The van der Waals surface area contributed by atoms with Gasteiger partial charge in [-0.05, 0) is 29.8 Å². The number of Topliss-reactive ketones (excluding diaryl/α,β-unsaturated/α-hetero) is 1. The fourth-order valence-corrected chi connectivity index (χ4v) is 2.21. The molecule has 0 unspecified atom stereocenters. The lowest BCUT2D eigenvalue weighted by Gasteiger charge is -2.04. The quantitative estimate of drug-likeness (QED) is 0.680. The fourth-order valence-electron chi connectivity index (χ4n) is 2.21. The van der Waals surface area contributed by atoms with E-state index in [2.05, 4.69) is 0 Å². The predicted octanol–water partition coefficient (Wildman–Crippen LogP) is 4.01. The number of rotatable bonds is 4. The lowest BCUT2D eigenvalue weighted by atomic mass is 10.1. The van der Waals surface area contributed by atoms with Gasteiger partial charge in [0.05, 0.1) is 7.11 Å². The first-order valence-electron chi connectivity index (χ1n) is 6.51. The van der Waals surface area contributed by atoms with E-state index in [0.29, 0.717) is 11.1 Å². The number of hydrogen-bond acceptors (Lipinski definition) is 3. The zero-order chi connectivity index (χ0) is 14.8. The molecule has 1 aromatic heterocycles. The summed E-state index contributed by atoms with van der Waals surface area (Å²) in [6.45, 7) is 0. The van der Waals surface area contributed by atoms with Crippen molar-refractivity contribution in [2.24, 2.45) is 0 Å². The molecule has 0 aliphatic heterocycles. The number of hydrogen-bond donors (Lipinski definition) is 0. The van der Waals surface area contributed by atoms with E-state index in [9.17, 15) is 9.18 Å². The molecule has 3 nitrogen and oxygen atoms in total. The van der Waals surface area contributed by atoms with Crippen LogP contribution in [0.2, 0.25) is 0 Å². The molecule has 0 saturated carbocycles. The van der Waals surface area contributed by atoms with Crippen molar-refractivity contribution in [2.45, 2.75) is 6.42 Å². The van der Waals surface area contributed by atoms with Gasteiger partial charge in [-0.15, -0.1) is 0 Å². The molecule has 0 bridgehead atoms. The molecule has 0 fully saturated rings. The molecule has 0 spiro atoms. The van der Waals surface area contributed by atoms with E-state index in [1.165, 1.54) is 19.2 Å². The van der Waals surface area contributed by atoms with E-state index >= 15 is 0 Å². The third kappa shape index (κ3) is 2.65. The SMILES string of the molecule is COc1ccc(CC(=O)c2cc3ccccc3o2)cc1F. The summed E-state index contributed by atoms with van der Waals surface area (Å²) in [5.41, 5.74) is 1.25. The van der Waals surface area contributed by atoms with E-state index in [-0.39, 0.29) is 23.7 Å². The number of carbonyl (C=O) groups is 1. The highest BCUT2D eigenvalue weighted by Gasteiger charge is 2.14. The Morgan fingerprint density at radius 2 is 2.00 bits per heavy atom. The van der Waals surface area contributed by atoms with Gasteiger partial charge < -0.3 is 9.15 Å². The minimum Gasteiger partial charge on any atom is -0.494 e. The van der Waals surface area contributed by atoms with Gasteiger partial charge in [0.1, 0.15) is 5.58 Å². The Morgan fingerprint density at radius 3 is 2.71 bits per heavy atom. The molecule has 0 N–H and O–H groups in total. The third-order valence-corrected chi connectivity index (χ3v) is 3.28. The molecule has 1 heterocycles. The minimum atomic E-state index is -0.479. The molecule has 3 rings (SSSR count). The van der Waals surface area contributed by atoms with E-state index in [1.807, 2.05) is 18.2 Å². The van der Waals surface area contributed by atoms with Crippen molar-refractivity contribution < 1.29 is 18.3 Å². The summed E-state index contributed by atoms with van der Waals surface area (Å²) in [4.78, 5) is 12.2. The maximum Gasteiger partial charge on any atom is 0.202 e. The van der Waals surface area contributed by atoms with Gasteiger partial charge in [0.2, 0.25) is 5.78 Å². The lowest BCUT2D eigenvalue weighted by Crippen LogP contribution is -2.02. The first kappa shape index (κ1) is 13.4. The maximum atomic E-state index is 13.6. The van der Waals surface area contributed by atoms with Crippen LogP contribution in [0.1, 0.15) is 16.1 Å². The van der Waals surface area contributed by atoms with Crippen molar-refractivity contribution in [1.82, 2.24) is 0 Å². The van der Waals surface area contributed by atoms with Gasteiger partial charge in [-0.3, -0.25) is 4.79 Å². The first-order chi connectivity index (χ1) is 10.2. The number of ether oxygens (including phenoxy) is 1. The van der Waals surface area contributed by atoms with Crippen LogP contribution >= 0.6 is 0 Å². The molecule has 0 radical (unpaired) electrons. The lowest BCUT2D eigenvalue weighted by molar-refractivity contribution is 0.0968. The number of furan rings is 1. The number of ketones is 1. The Morgan fingerprint density at radius 1 is 1.19 bits per heavy atom. The van der Waals surface area contributed by atoms with Gasteiger partial charge in [-0.2, -0.15) is 0 Å². The Labute approximate surface area is 120 Å². The van der Waals surface area contributed by atoms with Gasteiger partial charge >= 0.3 is 0 Å². The van der Waals surface area contributed by atoms with Crippen molar-refractivity contribution in [1.29, 1.82) is 0 Å². The molecule has 0 aliphatic rings. The highest BCUT2D eigenvalue weighted by atomic mass is 19.1. The van der Waals surface area contributed by atoms with E-state index in [0.717, 1.165) is 5.39 Å². The molecule has 0 amide bonds. The van der Waals surface area contributed by atoms with E-state index in [1.54, 1.807) is 18.2 Å². The number of carbonyl (C=O) groups excluding carboxylic acids is 1. The normalized spacial score (nSPS) is 10.8. The first-order valence-corrected chi connectivity index (χ1v) is 6.51. The van der Waals surface area contributed by atoms with E-state index in [4.69, 9.17) is 9.15 Å². The highest BCUT2D eigenvalue weighted by molar-refractivity contribution is 5.98. The second-order valence-corrected chi connectivity index (χ2v) is 4.72. The standard InChI is InChI=1S/C17H13FO3/c1-20-16-7-6-11(8-13(16)18)9-14(19)17-10-12-4-2-3-5-15(12)21-17/h2-8,10H,9H2,1H3. The number of benzene rings is 2. The summed E-state index contributed by atoms with van der Waals surface area (Å²) in [6, 6.07) is 13.6. The number of methoxy groups -OCH3 is 1. The zero-order valence-corrected chi connectivity index (χ0v) is 11.4. The molecule has 0 atom stereocenters. The van der Waals surface area contributed by atoms with Crippen molar-refractivity contribution in [2.75, 3.05) is 7.11 Å². The van der Waals surface area contributed by atoms with Crippen LogP contribution in [0, 0.1) is 5.82 Å². The zero-order valence-electron chi connectivity index (χ0n) is 11.4. The van der Waals surface area contributed by atoms with Crippen molar-refractivity contribution in [3.8, 4) is 5.75 Å². The number of para-hydroxylation sites is 1. The average molecular weight is 284 g/mol. The summed E-state index contributed by atoms with van der Waals surface area (Å²) in [5, 5.41) is 0.877. The average Bonchev–Trinajstić information content (AvgIpc) is 2.91. The van der Waals surface area contributed by atoms with Crippen molar-refractivity contribution in [3.05, 3.63) is 65.7 Å². The molecule has 0 saturated heterocycles. The van der Waals surface area contributed by atoms with Crippen LogP contribution in [-0.2, 0) is 6.42 Å². The largest absolute Gasteiger partial charge is 0.494 e. The van der Waals surface area contributed by atoms with Gasteiger partial charge in [-0.25, -0.2) is 4.39 Å². The molecule has 0 aliphatic carbocycles. The predicted molar refractivity (Wildman–Crippen MR) is 77.2 cm³/mol. The summed E-state index contributed by atoms with van der Waals surface area (Å²) < 4.78 is 24.0.